The third-order valence-electron chi connectivity index (χ3n) is 5.31. The zero-order valence-electron chi connectivity index (χ0n) is 13.9. The molecule has 2 rings (SSSR count). The Morgan fingerprint density at radius 2 is 1.96 bits per heavy atom. The number of nitrogens with one attached hydrogen (secondary N) is 2. The van der Waals surface area contributed by atoms with E-state index in [1.807, 2.05) is 0 Å². The summed E-state index contributed by atoms with van der Waals surface area (Å²) in [4.78, 5) is 23.8. The first kappa shape index (κ1) is 19.2. The van der Waals surface area contributed by atoms with Gasteiger partial charge in [0.25, 0.3) is 0 Å². The lowest BCUT2D eigenvalue weighted by molar-refractivity contribution is -0.140. The summed E-state index contributed by atoms with van der Waals surface area (Å²) < 4.78 is 0. The normalized spacial score (nSPS) is 28.7. The predicted octanol–water partition coefficient (Wildman–Crippen LogP) is -1.09. The summed E-state index contributed by atoms with van der Waals surface area (Å²) in [5.41, 5.74) is 6.07. The Morgan fingerprint density at radius 3 is 2.54 bits per heavy atom. The molecule has 1 aliphatic carbocycles. The van der Waals surface area contributed by atoms with Gasteiger partial charge in [0.2, 0.25) is 5.91 Å². The molecule has 0 spiro atoms. The van der Waals surface area contributed by atoms with Crippen molar-refractivity contribution in [2.45, 2.75) is 63.0 Å². The van der Waals surface area contributed by atoms with Crippen LogP contribution in [0.25, 0.3) is 0 Å². The molecule has 0 bridgehead atoms. The highest BCUT2D eigenvalue weighted by Crippen LogP contribution is 2.28. The average Bonchev–Trinajstić information content (AvgIpc) is 3.16. The van der Waals surface area contributed by atoms with E-state index in [9.17, 15) is 14.7 Å². The van der Waals surface area contributed by atoms with Gasteiger partial charge in [0, 0.05) is 18.5 Å². The summed E-state index contributed by atoms with van der Waals surface area (Å²) >= 11 is 0. The molecule has 0 aromatic heterocycles. The molecule has 9 heteroatoms. The van der Waals surface area contributed by atoms with Crippen LogP contribution in [0.3, 0.4) is 0 Å². The van der Waals surface area contributed by atoms with Gasteiger partial charge in [0.05, 0.1) is 6.04 Å². The quantitative estimate of drug-likeness (QED) is 0.308. The summed E-state index contributed by atoms with van der Waals surface area (Å²) in [6.07, 6.45) is 5.29. The lowest BCUT2D eigenvalue weighted by atomic mass is 9.80. The van der Waals surface area contributed by atoms with Crippen molar-refractivity contribution in [2.24, 2.45) is 17.6 Å². The van der Waals surface area contributed by atoms with Crippen LogP contribution < -0.4 is 16.4 Å². The SMILES string of the molecule is NC(C(=O)NC1CNC(C(=O)O)C1CCCB(O)O)C1CCCC1. The molecule has 0 aromatic rings. The Hall–Kier alpha value is -1.16. The van der Waals surface area contributed by atoms with Gasteiger partial charge < -0.3 is 31.5 Å². The van der Waals surface area contributed by atoms with Gasteiger partial charge in [0.15, 0.2) is 0 Å². The van der Waals surface area contributed by atoms with E-state index in [0.29, 0.717) is 19.4 Å². The minimum atomic E-state index is -1.40. The topological polar surface area (TPSA) is 145 Å². The van der Waals surface area contributed by atoms with Crippen molar-refractivity contribution >= 4 is 19.0 Å². The second-order valence-corrected chi connectivity index (χ2v) is 6.98. The van der Waals surface area contributed by atoms with E-state index >= 15 is 0 Å². The van der Waals surface area contributed by atoms with Crippen molar-refractivity contribution in [1.29, 1.82) is 0 Å². The highest BCUT2D eigenvalue weighted by Gasteiger charge is 2.41. The van der Waals surface area contributed by atoms with Crippen LogP contribution in [0.1, 0.15) is 38.5 Å². The third-order valence-corrected chi connectivity index (χ3v) is 5.31. The van der Waals surface area contributed by atoms with Gasteiger partial charge in [-0.05, 0) is 31.5 Å². The van der Waals surface area contributed by atoms with Crippen LogP contribution >= 0.6 is 0 Å². The average molecular weight is 341 g/mol. The Balaban J connectivity index is 1.92. The van der Waals surface area contributed by atoms with Gasteiger partial charge in [-0.3, -0.25) is 9.59 Å². The summed E-state index contributed by atoms with van der Waals surface area (Å²) in [7, 11) is -1.40. The van der Waals surface area contributed by atoms with Crippen LogP contribution in [0, 0.1) is 11.8 Å². The van der Waals surface area contributed by atoms with E-state index in [0.717, 1.165) is 25.7 Å². The first-order chi connectivity index (χ1) is 11.4. The second-order valence-electron chi connectivity index (χ2n) is 6.98. The van der Waals surface area contributed by atoms with E-state index in [1.165, 1.54) is 0 Å². The van der Waals surface area contributed by atoms with E-state index in [4.69, 9.17) is 15.8 Å². The predicted molar refractivity (Wildman–Crippen MR) is 89.0 cm³/mol. The summed E-state index contributed by atoms with van der Waals surface area (Å²) in [6.45, 7) is 0.381. The molecule has 1 amide bonds. The summed E-state index contributed by atoms with van der Waals surface area (Å²) in [6, 6.07) is -1.59. The smallest absolute Gasteiger partial charge is 0.451 e. The van der Waals surface area contributed by atoms with Crippen LogP contribution in [0.4, 0.5) is 0 Å². The number of aliphatic carboxylic acids is 1. The van der Waals surface area contributed by atoms with E-state index < -0.39 is 25.2 Å². The van der Waals surface area contributed by atoms with Gasteiger partial charge >= 0.3 is 13.1 Å². The minimum absolute atomic E-state index is 0.186. The van der Waals surface area contributed by atoms with Crippen LogP contribution in [0.5, 0.6) is 0 Å². The fraction of sp³-hybridized carbons (Fsp3) is 0.867. The molecule has 2 aliphatic rings. The molecule has 1 saturated heterocycles. The second kappa shape index (κ2) is 8.80. The monoisotopic (exact) mass is 341 g/mol. The lowest BCUT2D eigenvalue weighted by Gasteiger charge is -2.25. The van der Waals surface area contributed by atoms with Gasteiger partial charge in [-0.15, -0.1) is 0 Å². The minimum Gasteiger partial charge on any atom is -0.480 e. The van der Waals surface area contributed by atoms with E-state index in [-0.39, 0.29) is 30.1 Å². The third kappa shape index (κ3) is 4.92. The van der Waals surface area contributed by atoms with Gasteiger partial charge in [-0.2, -0.15) is 0 Å². The van der Waals surface area contributed by atoms with Crippen molar-refractivity contribution in [3.8, 4) is 0 Å². The first-order valence-corrected chi connectivity index (χ1v) is 8.78. The largest absolute Gasteiger partial charge is 0.480 e. The summed E-state index contributed by atoms with van der Waals surface area (Å²) in [5, 5.41) is 33.1. The highest BCUT2D eigenvalue weighted by atomic mass is 16.4. The highest BCUT2D eigenvalue weighted by molar-refractivity contribution is 6.40. The standard InChI is InChI=1S/C15H28BN3O5/c17-12(9-4-1-2-5-9)14(20)19-11-8-18-13(15(21)22)10(11)6-3-7-16(23)24/h9-13,18,23-24H,1-8,17H2,(H,19,20)(H,21,22). The molecule has 24 heavy (non-hydrogen) atoms. The Bertz CT molecular complexity index is 445. The molecule has 0 aromatic carbocycles. The molecule has 1 heterocycles. The molecule has 2 fully saturated rings. The molecular formula is C15H28BN3O5. The molecular weight excluding hydrogens is 313 g/mol. The molecule has 1 saturated carbocycles. The zero-order chi connectivity index (χ0) is 17.7. The Morgan fingerprint density at radius 1 is 1.29 bits per heavy atom. The fourth-order valence-corrected chi connectivity index (χ4v) is 3.93. The summed E-state index contributed by atoms with van der Waals surface area (Å²) in [5.74, 6) is -1.26. The van der Waals surface area contributed by atoms with Crippen LogP contribution in [-0.2, 0) is 9.59 Å². The number of carboxylic acid groups (broad SMARTS) is 1. The maximum Gasteiger partial charge on any atom is 0.451 e. The van der Waals surface area contributed by atoms with Crippen molar-refractivity contribution in [3.63, 3.8) is 0 Å². The van der Waals surface area contributed by atoms with Gasteiger partial charge in [-0.1, -0.05) is 19.3 Å². The molecule has 7 N–H and O–H groups in total. The maximum atomic E-state index is 12.4. The first-order valence-electron chi connectivity index (χ1n) is 8.78. The van der Waals surface area contributed by atoms with Crippen molar-refractivity contribution in [3.05, 3.63) is 0 Å². The van der Waals surface area contributed by atoms with Crippen LogP contribution in [-0.4, -0.2) is 58.8 Å². The number of hydrogen-bond donors (Lipinski definition) is 6. The number of amides is 1. The molecule has 4 unspecified atom stereocenters. The number of hydrogen-bond acceptors (Lipinski definition) is 6. The Kier molecular flexibility index (Phi) is 7.03. The van der Waals surface area contributed by atoms with E-state index in [2.05, 4.69) is 10.6 Å². The zero-order valence-corrected chi connectivity index (χ0v) is 13.9. The van der Waals surface area contributed by atoms with Crippen molar-refractivity contribution in [2.75, 3.05) is 6.54 Å². The number of carboxylic acids is 1. The van der Waals surface area contributed by atoms with Crippen molar-refractivity contribution < 1.29 is 24.7 Å². The van der Waals surface area contributed by atoms with Crippen LogP contribution in [0.15, 0.2) is 0 Å². The van der Waals surface area contributed by atoms with Gasteiger partial charge in [0.1, 0.15) is 6.04 Å². The molecule has 0 radical (unpaired) electrons. The van der Waals surface area contributed by atoms with Gasteiger partial charge in [-0.25, -0.2) is 0 Å². The molecule has 136 valence electrons. The molecule has 8 nitrogen and oxygen atoms in total. The van der Waals surface area contributed by atoms with Crippen molar-refractivity contribution in [1.82, 2.24) is 10.6 Å². The molecule has 4 atom stereocenters. The number of carbonyl (C=O) groups is 2. The number of carbonyl (C=O) groups excluding carboxylic acids is 1. The molecule has 1 aliphatic heterocycles. The number of rotatable bonds is 8. The fourth-order valence-electron chi connectivity index (χ4n) is 3.93. The maximum absolute atomic E-state index is 12.4. The Labute approximate surface area is 142 Å². The number of nitrogens with two attached hydrogens (primary N) is 1. The van der Waals surface area contributed by atoms with Crippen LogP contribution in [0.2, 0.25) is 6.32 Å². The lowest BCUT2D eigenvalue weighted by Crippen LogP contribution is -2.51. The van der Waals surface area contributed by atoms with E-state index in [1.54, 1.807) is 0 Å².